The second-order valence-corrected chi connectivity index (χ2v) is 8.18. The number of carbonyl (C=O) groups is 1. The number of benzene rings is 2. The number of nitrogens with zero attached hydrogens (tertiary/aromatic N) is 2. The van der Waals surface area contributed by atoms with Crippen molar-refractivity contribution < 1.29 is 14.3 Å². The Balaban J connectivity index is 1.53. The number of hydrogen-bond acceptors (Lipinski definition) is 5. The van der Waals surface area contributed by atoms with E-state index in [-0.39, 0.29) is 24.6 Å². The molecular formula is C24H17BrN2O4. The van der Waals surface area contributed by atoms with E-state index in [1.807, 2.05) is 47.0 Å². The SMILES string of the molecule is CC(=O)OCc1cccc(COc2cc3c(=O)ccn4c5ccc(Br)cc5c(c2)c34)n1. The molecule has 3 heterocycles. The molecule has 5 rings (SSSR count). The molecule has 2 aromatic carbocycles. The van der Waals surface area contributed by atoms with Gasteiger partial charge in [-0.1, -0.05) is 22.0 Å². The first-order valence-corrected chi connectivity index (χ1v) is 10.5. The Morgan fingerprint density at radius 2 is 1.77 bits per heavy atom. The zero-order valence-electron chi connectivity index (χ0n) is 16.6. The number of esters is 1. The van der Waals surface area contributed by atoms with Gasteiger partial charge in [-0.15, -0.1) is 0 Å². The summed E-state index contributed by atoms with van der Waals surface area (Å²) >= 11 is 3.54. The number of hydrogen-bond donors (Lipinski definition) is 0. The highest BCUT2D eigenvalue weighted by Crippen LogP contribution is 2.35. The van der Waals surface area contributed by atoms with Crippen molar-refractivity contribution in [2.45, 2.75) is 20.1 Å². The molecule has 0 radical (unpaired) electrons. The van der Waals surface area contributed by atoms with Crippen LogP contribution in [0.2, 0.25) is 0 Å². The molecule has 0 saturated carbocycles. The number of rotatable bonds is 5. The van der Waals surface area contributed by atoms with E-state index in [4.69, 9.17) is 9.47 Å². The molecule has 3 aromatic heterocycles. The Kier molecular flexibility index (Phi) is 4.82. The van der Waals surface area contributed by atoms with Gasteiger partial charge in [0.2, 0.25) is 0 Å². The van der Waals surface area contributed by atoms with Crippen LogP contribution in [0.4, 0.5) is 0 Å². The highest BCUT2D eigenvalue weighted by Gasteiger charge is 2.15. The first-order valence-electron chi connectivity index (χ1n) is 9.70. The predicted molar refractivity (Wildman–Crippen MR) is 122 cm³/mol. The van der Waals surface area contributed by atoms with Crippen LogP contribution in [-0.4, -0.2) is 15.4 Å². The summed E-state index contributed by atoms with van der Waals surface area (Å²) in [5, 5.41) is 2.61. The lowest BCUT2D eigenvalue weighted by atomic mass is 10.1. The fourth-order valence-corrected chi connectivity index (χ4v) is 4.17. The number of carbonyl (C=O) groups excluding carboxylic acids is 1. The van der Waals surface area contributed by atoms with Gasteiger partial charge in [-0.2, -0.15) is 0 Å². The normalized spacial score (nSPS) is 11.4. The first kappa shape index (κ1) is 19.5. The molecule has 154 valence electrons. The molecule has 0 atom stereocenters. The molecule has 0 aliphatic carbocycles. The molecule has 7 heteroatoms. The summed E-state index contributed by atoms with van der Waals surface area (Å²) < 4.78 is 14.0. The molecule has 6 nitrogen and oxygen atoms in total. The van der Waals surface area contributed by atoms with Crippen LogP contribution < -0.4 is 10.2 Å². The van der Waals surface area contributed by atoms with Gasteiger partial charge in [0.25, 0.3) is 0 Å². The molecule has 0 saturated heterocycles. The van der Waals surface area contributed by atoms with Crippen LogP contribution in [0, 0.1) is 0 Å². The minimum atomic E-state index is -0.352. The van der Waals surface area contributed by atoms with Crippen molar-refractivity contribution >= 4 is 49.1 Å². The minimum absolute atomic E-state index is 0.0497. The number of halogens is 1. The third-order valence-corrected chi connectivity index (χ3v) is 5.64. The summed E-state index contributed by atoms with van der Waals surface area (Å²) in [5.74, 6) is 0.243. The Morgan fingerprint density at radius 1 is 1.00 bits per heavy atom. The summed E-state index contributed by atoms with van der Waals surface area (Å²) in [5.41, 5.74) is 3.21. The summed E-state index contributed by atoms with van der Waals surface area (Å²) in [6.45, 7) is 1.71. The highest BCUT2D eigenvalue weighted by molar-refractivity contribution is 9.10. The van der Waals surface area contributed by atoms with Crippen LogP contribution in [-0.2, 0) is 22.7 Å². The molecule has 0 fully saturated rings. The quantitative estimate of drug-likeness (QED) is 0.339. The predicted octanol–water partition coefficient (Wildman–Crippen LogP) is 4.84. The fourth-order valence-electron chi connectivity index (χ4n) is 3.81. The van der Waals surface area contributed by atoms with Crippen molar-refractivity contribution in [3.8, 4) is 5.75 Å². The van der Waals surface area contributed by atoms with Gasteiger partial charge in [0.15, 0.2) is 5.43 Å². The van der Waals surface area contributed by atoms with Crippen molar-refractivity contribution in [3.05, 3.63) is 86.9 Å². The third kappa shape index (κ3) is 3.61. The van der Waals surface area contributed by atoms with Gasteiger partial charge in [0.1, 0.15) is 19.0 Å². The van der Waals surface area contributed by atoms with Gasteiger partial charge in [-0.25, -0.2) is 0 Å². The van der Waals surface area contributed by atoms with E-state index in [1.165, 1.54) is 6.92 Å². The number of pyridine rings is 2. The first-order chi connectivity index (χ1) is 15.0. The van der Waals surface area contributed by atoms with Crippen LogP contribution >= 0.6 is 15.9 Å². The minimum Gasteiger partial charge on any atom is -0.487 e. The molecule has 31 heavy (non-hydrogen) atoms. The maximum absolute atomic E-state index is 12.6. The number of aromatic nitrogens is 2. The number of ether oxygens (including phenoxy) is 2. The summed E-state index contributed by atoms with van der Waals surface area (Å²) in [7, 11) is 0. The van der Waals surface area contributed by atoms with E-state index in [2.05, 4.69) is 20.9 Å². The van der Waals surface area contributed by atoms with E-state index in [1.54, 1.807) is 18.2 Å². The molecule has 0 spiro atoms. The van der Waals surface area contributed by atoms with Gasteiger partial charge in [-0.3, -0.25) is 14.6 Å². The second-order valence-electron chi connectivity index (χ2n) is 7.27. The lowest BCUT2D eigenvalue weighted by molar-refractivity contribution is -0.142. The zero-order chi connectivity index (χ0) is 21.5. The monoisotopic (exact) mass is 476 g/mol. The lowest BCUT2D eigenvalue weighted by Gasteiger charge is -2.09. The molecule has 0 aliphatic heterocycles. The Morgan fingerprint density at radius 3 is 2.58 bits per heavy atom. The van der Waals surface area contributed by atoms with Crippen molar-refractivity contribution in [3.63, 3.8) is 0 Å². The van der Waals surface area contributed by atoms with Gasteiger partial charge in [0.05, 0.1) is 27.8 Å². The van der Waals surface area contributed by atoms with E-state index in [0.717, 1.165) is 26.3 Å². The molecule has 5 aromatic rings. The van der Waals surface area contributed by atoms with Crippen LogP contribution in [0.5, 0.6) is 5.75 Å². The van der Waals surface area contributed by atoms with Gasteiger partial charge in [-0.05, 0) is 42.5 Å². The van der Waals surface area contributed by atoms with Crippen LogP contribution in [0.3, 0.4) is 0 Å². The Labute approximate surface area is 185 Å². The van der Waals surface area contributed by atoms with Gasteiger partial charge in [0, 0.05) is 34.4 Å². The molecular weight excluding hydrogens is 460 g/mol. The summed E-state index contributed by atoms with van der Waals surface area (Å²) in [6.07, 6.45) is 1.81. The standard InChI is InChI=1S/C24H17BrN2O4/c1-14(28)30-12-16-3-2-4-17(26-16)13-31-18-10-20-19-9-15(25)5-6-22(19)27-8-7-23(29)21(11-18)24(20)27/h2-11H,12-13H2,1H3. The smallest absolute Gasteiger partial charge is 0.303 e. The van der Waals surface area contributed by atoms with E-state index >= 15 is 0 Å². The largest absolute Gasteiger partial charge is 0.487 e. The van der Waals surface area contributed by atoms with E-state index < -0.39 is 0 Å². The molecule has 0 N–H and O–H groups in total. The van der Waals surface area contributed by atoms with Crippen molar-refractivity contribution in [2.24, 2.45) is 0 Å². The molecule has 0 amide bonds. The second kappa shape index (κ2) is 7.67. The Hall–Kier alpha value is -3.45. The van der Waals surface area contributed by atoms with Crippen LogP contribution in [0.1, 0.15) is 18.3 Å². The third-order valence-electron chi connectivity index (χ3n) is 5.15. The number of fused-ring (bicyclic) bond motifs is 3. The summed E-state index contributed by atoms with van der Waals surface area (Å²) in [4.78, 5) is 28.1. The van der Waals surface area contributed by atoms with Gasteiger partial charge < -0.3 is 13.9 Å². The topological polar surface area (TPSA) is 69.9 Å². The molecule has 0 unspecified atom stereocenters. The maximum Gasteiger partial charge on any atom is 0.303 e. The fraction of sp³-hybridized carbons (Fsp3) is 0.125. The van der Waals surface area contributed by atoms with E-state index in [0.29, 0.717) is 22.5 Å². The maximum atomic E-state index is 12.6. The van der Waals surface area contributed by atoms with E-state index in [9.17, 15) is 9.59 Å². The van der Waals surface area contributed by atoms with Crippen LogP contribution in [0.25, 0.3) is 27.2 Å². The van der Waals surface area contributed by atoms with Crippen molar-refractivity contribution in [1.82, 2.24) is 9.38 Å². The van der Waals surface area contributed by atoms with Crippen LogP contribution in [0.15, 0.2) is 70.1 Å². The zero-order valence-corrected chi connectivity index (χ0v) is 18.2. The van der Waals surface area contributed by atoms with Crippen molar-refractivity contribution in [1.29, 1.82) is 0 Å². The lowest BCUT2D eigenvalue weighted by Crippen LogP contribution is -2.05. The van der Waals surface area contributed by atoms with Gasteiger partial charge >= 0.3 is 5.97 Å². The molecule has 0 aliphatic rings. The molecule has 0 bridgehead atoms. The average Bonchev–Trinajstić information content (AvgIpc) is 3.07. The highest BCUT2D eigenvalue weighted by atomic mass is 79.9. The van der Waals surface area contributed by atoms with Crippen molar-refractivity contribution in [2.75, 3.05) is 0 Å². The summed E-state index contributed by atoms with van der Waals surface area (Å²) in [6, 6.07) is 16.9. The Bertz CT molecular complexity index is 1510. The average molecular weight is 477 g/mol.